The third-order valence-electron chi connectivity index (χ3n) is 4.77. The van der Waals surface area contributed by atoms with Crippen LogP contribution in [0.1, 0.15) is 44.4 Å². The maximum Gasteiger partial charge on any atom is 0.0456 e. The molecule has 0 amide bonds. The van der Waals surface area contributed by atoms with E-state index in [1.54, 1.807) is 0 Å². The molecule has 0 aliphatic rings. The highest BCUT2D eigenvalue weighted by molar-refractivity contribution is 5.78. The van der Waals surface area contributed by atoms with Crippen LogP contribution in [0.2, 0.25) is 0 Å². The highest BCUT2D eigenvalue weighted by atomic mass is 14.8. The maximum absolute atomic E-state index is 6.72. The van der Waals surface area contributed by atoms with Gasteiger partial charge in [-0.2, -0.15) is 0 Å². The molecule has 0 unspecified atom stereocenters. The molecule has 0 spiro atoms. The quantitative estimate of drug-likeness (QED) is 0.804. The van der Waals surface area contributed by atoms with Crippen LogP contribution in [0.25, 0.3) is 5.57 Å². The molecule has 0 heterocycles. The lowest BCUT2D eigenvalue weighted by Gasteiger charge is -2.38. The van der Waals surface area contributed by atoms with Gasteiger partial charge < -0.3 is 5.73 Å². The second-order valence-corrected chi connectivity index (χ2v) is 6.66. The molecule has 1 heteroatoms. The summed E-state index contributed by atoms with van der Waals surface area (Å²) in [5.74, 6) is 0.770. The zero-order valence-electron chi connectivity index (χ0n) is 14.1. The van der Waals surface area contributed by atoms with Crippen molar-refractivity contribution in [1.82, 2.24) is 0 Å². The third kappa shape index (κ3) is 3.00. The molecule has 0 saturated heterocycles. The molecule has 2 rings (SSSR count). The first-order valence-corrected chi connectivity index (χ1v) is 8.01. The van der Waals surface area contributed by atoms with Crippen molar-refractivity contribution in [3.05, 3.63) is 77.9 Å². The minimum atomic E-state index is -0.299. The van der Waals surface area contributed by atoms with E-state index in [1.165, 1.54) is 5.56 Å². The molecule has 1 nitrogen and oxygen atoms in total. The van der Waals surface area contributed by atoms with Crippen LogP contribution < -0.4 is 5.73 Å². The molecule has 0 atom stereocenters. The number of hydrogen-bond donors (Lipinski definition) is 1. The predicted octanol–water partition coefficient (Wildman–Crippen LogP) is 5.21. The zero-order chi connectivity index (χ0) is 16.3. The molecule has 2 aromatic rings. The average Bonchev–Trinajstić information content (AvgIpc) is 2.54. The van der Waals surface area contributed by atoms with Crippen molar-refractivity contribution < 1.29 is 0 Å². The average molecular weight is 293 g/mol. The lowest BCUT2D eigenvalue weighted by atomic mass is 9.72. The minimum absolute atomic E-state index is 0.299. The van der Waals surface area contributed by atoms with E-state index in [1.807, 2.05) is 18.2 Å². The summed E-state index contributed by atoms with van der Waals surface area (Å²) in [4.78, 5) is 0. The largest absolute Gasteiger partial charge is 0.321 e. The lowest BCUT2D eigenvalue weighted by Crippen LogP contribution is -2.46. The van der Waals surface area contributed by atoms with Gasteiger partial charge in [-0.15, -0.1) is 0 Å². The van der Waals surface area contributed by atoms with Gasteiger partial charge in [0.05, 0.1) is 0 Å². The maximum atomic E-state index is 6.72. The van der Waals surface area contributed by atoms with Crippen molar-refractivity contribution in [3.63, 3.8) is 0 Å². The molecule has 0 saturated carbocycles. The fourth-order valence-corrected chi connectivity index (χ4v) is 3.10. The van der Waals surface area contributed by atoms with E-state index in [9.17, 15) is 0 Å². The highest BCUT2D eigenvalue weighted by Crippen LogP contribution is 2.35. The molecular weight excluding hydrogens is 266 g/mol. The molecule has 0 fully saturated rings. The van der Waals surface area contributed by atoms with Gasteiger partial charge in [0.1, 0.15) is 0 Å². The van der Waals surface area contributed by atoms with Crippen molar-refractivity contribution in [2.24, 2.45) is 17.6 Å². The Labute approximate surface area is 134 Å². The van der Waals surface area contributed by atoms with E-state index in [4.69, 9.17) is 5.73 Å². The first kappa shape index (κ1) is 16.5. The summed E-state index contributed by atoms with van der Waals surface area (Å²) in [6.45, 7) is 13.0. The van der Waals surface area contributed by atoms with Gasteiger partial charge in [-0.05, 0) is 34.1 Å². The van der Waals surface area contributed by atoms with Crippen LogP contribution in [-0.2, 0) is 5.54 Å². The smallest absolute Gasteiger partial charge is 0.0456 e. The summed E-state index contributed by atoms with van der Waals surface area (Å²) in [6, 6.07) is 18.9. The monoisotopic (exact) mass is 293 g/mol. The molecule has 0 bridgehead atoms. The Kier molecular flexibility index (Phi) is 4.87. The molecule has 2 N–H and O–H groups in total. The topological polar surface area (TPSA) is 26.0 Å². The zero-order valence-corrected chi connectivity index (χ0v) is 14.1. The van der Waals surface area contributed by atoms with E-state index in [0.717, 1.165) is 16.7 Å². The van der Waals surface area contributed by atoms with Gasteiger partial charge in [0, 0.05) is 5.54 Å². The Morgan fingerprint density at radius 2 is 1.27 bits per heavy atom. The summed E-state index contributed by atoms with van der Waals surface area (Å²) >= 11 is 0. The van der Waals surface area contributed by atoms with Crippen LogP contribution in [0, 0.1) is 11.8 Å². The van der Waals surface area contributed by atoms with Crippen molar-refractivity contribution in [3.8, 4) is 0 Å². The Balaban J connectivity index is 2.33. The summed E-state index contributed by atoms with van der Waals surface area (Å²) in [7, 11) is 0. The summed E-state index contributed by atoms with van der Waals surface area (Å²) in [5, 5.41) is 0. The molecule has 0 aliphatic carbocycles. The van der Waals surface area contributed by atoms with Gasteiger partial charge in [0.25, 0.3) is 0 Å². The highest BCUT2D eigenvalue weighted by Gasteiger charge is 2.34. The number of nitrogens with two attached hydrogens (primary N) is 1. The fraction of sp³-hybridized carbons (Fsp3) is 0.333. The molecule has 2 aromatic carbocycles. The van der Waals surface area contributed by atoms with Gasteiger partial charge >= 0.3 is 0 Å². The molecular formula is C21H27N. The Hall–Kier alpha value is -1.86. The minimum Gasteiger partial charge on any atom is -0.321 e. The number of benzene rings is 2. The Bertz CT molecular complexity index is 613. The fourth-order valence-electron chi connectivity index (χ4n) is 3.10. The SMILES string of the molecule is C=C(c1ccccc1)c1ccc(C(N)(C(C)C)C(C)C)cc1. The van der Waals surface area contributed by atoms with Gasteiger partial charge in [-0.1, -0.05) is 88.9 Å². The van der Waals surface area contributed by atoms with E-state index in [2.05, 4.69) is 70.7 Å². The van der Waals surface area contributed by atoms with Crippen LogP contribution in [-0.4, -0.2) is 0 Å². The van der Waals surface area contributed by atoms with Crippen molar-refractivity contribution in [2.75, 3.05) is 0 Å². The molecule has 0 aliphatic heterocycles. The van der Waals surface area contributed by atoms with Crippen LogP contribution in [0.4, 0.5) is 0 Å². The molecule has 22 heavy (non-hydrogen) atoms. The second-order valence-electron chi connectivity index (χ2n) is 6.66. The van der Waals surface area contributed by atoms with Gasteiger partial charge in [0.2, 0.25) is 0 Å². The van der Waals surface area contributed by atoms with Crippen LogP contribution in [0.15, 0.2) is 61.2 Å². The van der Waals surface area contributed by atoms with E-state index >= 15 is 0 Å². The van der Waals surface area contributed by atoms with Gasteiger partial charge in [-0.3, -0.25) is 0 Å². The van der Waals surface area contributed by atoms with Crippen molar-refractivity contribution in [2.45, 2.75) is 33.2 Å². The number of rotatable bonds is 5. The van der Waals surface area contributed by atoms with E-state index in [-0.39, 0.29) is 5.54 Å². The van der Waals surface area contributed by atoms with Crippen LogP contribution in [0.5, 0.6) is 0 Å². The first-order chi connectivity index (χ1) is 10.4. The summed E-state index contributed by atoms with van der Waals surface area (Å²) in [5.41, 5.74) is 11.0. The second kappa shape index (κ2) is 6.50. The molecule has 0 aromatic heterocycles. The molecule has 116 valence electrons. The van der Waals surface area contributed by atoms with Crippen molar-refractivity contribution >= 4 is 5.57 Å². The third-order valence-corrected chi connectivity index (χ3v) is 4.77. The first-order valence-electron chi connectivity index (χ1n) is 8.01. The summed E-state index contributed by atoms with van der Waals surface area (Å²) < 4.78 is 0. The van der Waals surface area contributed by atoms with Gasteiger partial charge in [-0.25, -0.2) is 0 Å². The Morgan fingerprint density at radius 3 is 1.73 bits per heavy atom. The Morgan fingerprint density at radius 1 is 0.818 bits per heavy atom. The van der Waals surface area contributed by atoms with Gasteiger partial charge in [0.15, 0.2) is 0 Å². The summed E-state index contributed by atoms with van der Waals surface area (Å²) in [6.07, 6.45) is 0. The lowest BCUT2D eigenvalue weighted by molar-refractivity contribution is 0.227. The normalized spacial score (nSPS) is 12.0. The van der Waals surface area contributed by atoms with Crippen LogP contribution >= 0.6 is 0 Å². The number of hydrogen-bond acceptors (Lipinski definition) is 1. The van der Waals surface area contributed by atoms with Crippen LogP contribution in [0.3, 0.4) is 0 Å². The van der Waals surface area contributed by atoms with E-state index in [0.29, 0.717) is 11.8 Å². The van der Waals surface area contributed by atoms with Crippen molar-refractivity contribution in [1.29, 1.82) is 0 Å². The standard InChI is InChI=1S/C21H27N/c1-15(2)21(22,16(3)4)20-13-11-19(12-14-20)17(5)18-9-7-6-8-10-18/h6-16H,5,22H2,1-4H3. The predicted molar refractivity (Wildman–Crippen MR) is 96.6 cm³/mol. The van der Waals surface area contributed by atoms with E-state index < -0.39 is 0 Å². The molecule has 0 radical (unpaired) electrons.